The average molecular weight is 326 g/mol. The van der Waals surface area contributed by atoms with Gasteiger partial charge in [0.2, 0.25) is 11.0 Å². The Labute approximate surface area is 134 Å². The van der Waals surface area contributed by atoms with E-state index in [2.05, 4.69) is 29.0 Å². The van der Waals surface area contributed by atoms with Gasteiger partial charge < -0.3 is 10.2 Å². The Morgan fingerprint density at radius 1 is 1.57 bits per heavy atom. The molecule has 1 aliphatic rings. The first kappa shape index (κ1) is 16.3. The van der Waals surface area contributed by atoms with Crippen molar-refractivity contribution in [3.05, 3.63) is 12.7 Å². The SMILES string of the molecule is C=CCNc1nnc(SC(C)C(=O)N2CCC(C)CC2)s1. The van der Waals surface area contributed by atoms with Crippen LogP contribution in [0.15, 0.2) is 17.0 Å². The predicted octanol–water partition coefficient (Wildman–Crippen LogP) is 2.88. The average Bonchev–Trinajstić information content (AvgIpc) is 2.92. The van der Waals surface area contributed by atoms with Gasteiger partial charge in [0, 0.05) is 19.6 Å². The molecule has 1 aromatic heterocycles. The molecule has 1 unspecified atom stereocenters. The number of aromatic nitrogens is 2. The maximum Gasteiger partial charge on any atom is 0.235 e. The van der Waals surface area contributed by atoms with Gasteiger partial charge in [-0.15, -0.1) is 16.8 Å². The molecule has 1 aliphatic heterocycles. The summed E-state index contributed by atoms with van der Waals surface area (Å²) in [6.45, 7) is 10.3. The van der Waals surface area contributed by atoms with Crippen LogP contribution < -0.4 is 5.32 Å². The summed E-state index contributed by atoms with van der Waals surface area (Å²) >= 11 is 2.97. The van der Waals surface area contributed by atoms with Crippen LogP contribution in [-0.4, -0.2) is 45.9 Å². The quantitative estimate of drug-likeness (QED) is 0.643. The van der Waals surface area contributed by atoms with Crippen LogP contribution in [0.3, 0.4) is 0 Å². The number of rotatable bonds is 6. The van der Waals surface area contributed by atoms with Crippen LogP contribution >= 0.6 is 23.1 Å². The zero-order chi connectivity index (χ0) is 15.2. The molecule has 1 N–H and O–H groups in total. The van der Waals surface area contributed by atoms with E-state index in [0.717, 1.165) is 41.3 Å². The molecule has 5 nitrogen and oxygen atoms in total. The Morgan fingerprint density at radius 3 is 2.95 bits per heavy atom. The van der Waals surface area contributed by atoms with Crippen molar-refractivity contribution in [2.24, 2.45) is 5.92 Å². The van der Waals surface area contributed by atoms with Gasteiger partial charge in [-0.05, 0) is 25.7 Å². The Kier molecular flexibility index (Phi) is 6.05. The summed E-state index contributed by atoms with van der Waals surface area (Å²) in [5, 5.41) is 11.9. The molecule has 0 radical (unpaired) electrons. The van der Waals surface area contributed by atoms with Crippen LogP contribution in [0.5, 0.6) is 0 Å². The Hall–Kier alpha value is -1.08. The van der Waals surface area contributed by atoms with Gasteiger partial charge in [-0.1, -0.05) is 36.1 Å². The molecule has 0 saturated carbocycles. The number of hydrogen-bond acceptors (Lipinski definition) is 6. The Bertz CT molecular complexity index is 483. The van der Waals surface area contributed by atoms with E-state index in [9.17, 15) is 4.79 Å². The molecule has 0 aromatic carbocycles. The summed E-state index contributed by atoms with van der Waals surface area (Å²) in [7, 11) is 0. The number of nitrogens with zero attached hydrogens (tertiary/aromatic N) is 3. The number of hydrogen-bond donors (Lipinski definition) is 1. The van der Waals surface area contributed by atoms with Crippen molar-refractivity contribution in [2.45, 2.75) is 36.3 Å². The van der Waals surface area contributed by atoms with E-state index in [1.165, 1.54) is 23.1 Å². The van der Waals surface area contributed by atoms with Crippen LogP contribution in [0.4, 0.5) is 5.13 Å². The summed E-state index contributed by atoms with van der Waals surface area (Å²) in [6.07, 6.45) is 3.99. The lowest BCUT2D eigenvalue weighted by Gasteiger charge is -2.31. The number of amides is 1. The predicted molar refractivity (Wildman–Crippen MR) is 88.9 cm³/mol. The van der Waals surface area contributed by atoms with Crippen molar-refractivity contribution >= 4 is 34.1 Å². The summed E-state index contributed by atoms with van der Waals surface area (Å²) in [5.41, 5.74) is 0. The minimum atomic E-state index is -0.112. The molecule has 1 fully saturated rings. The minimum Gasteiger partial charge on any atom is -0.357 e. The third kappa shape index (κ3) is 4.71. The van der Waals surface area contributed by atoms with Crippen molar-refractivity contribution in [2.75, 3.05) is 25.0 Å². The van der Waals surface area contributed by atoms with Gasteiger partial charge in [-0.2, -0.15) is 0 Å². The van der Waals surface area contributed by atoms with Gasteiger partial charge in [-0.3, -0.25) is 4.79 Å². The van der Waals surface area contributed by atoms with E-state index in [4.69, 9.17) is 0 Å². The first-order valence-electron chi connectivity index (χ1n) is 7.24. The van der Waals surface area contributed by atoms with Crippen molar-refractivity contribution in [1.29, 1.82) is 0 Å². The van der Waals surface area contributed by atoms with Gasteiger partial charge in [0.15, 0.2) is 4.34 Å². The van der Waals surface area contributed by atoms with E-state index in [1.54, 1.807) is 6.08 Å². The molecule has 0 aliphatic carbocycles. The maximum atomic E-state index is 12.4. The molecular weight excluding hydrogens is 304 g/mol. The second-order valence-electron chi connectivity index (χ2n) is 5.31. The fraction of sp³-hybridized carbons (Fsp3) is 0.643. The smallest absolute Gasteiger partial charge is 0.235 e. The van der Waals surface area contributed by atoms with Gasteiger partial charge in [0.05, 0.1) is 5.25 Å². The van der Waals surface area contributed by atoms with Crippen molar-refractivity contribution < 1.29 is 4.79 Å². The fourth-order valence-electron chi connectivity index (χ4n) is 2.18. The molecule has 0 spiro atoms. The molecular formula is C14H22N4OS2. The van der Waals surface area contributed by atoms with E-state index >= 15 is 0 Å². The Morgan fingerprint density at radius 2 is 2.29 bits per heavy atom. The third-order valence-electron chi connectivity index (χ3n) is 3.52. The van der Waals surface area contributed by atoms with E-state index in [0.29, 0.717) is 6.54 Å². The molecule has 1 aromatic rings. The first-order valence-corrected chi connectivity index (χ1v) is 8.93. The second kappa shape index (κ2) is 7.79. The number of carbonyl (C=O) groups excluding carboxylic acids is 1. The number of piperidine rings is 1. The number of thioether (sulfide) groups is 1. The molecule has 2 heterocycles. The van der Waals surface area contributed by atoms with Crippen LogP contribution in [-0.2, 0) is 4.79 Å². The van der Waals surface area contributed by atoms with Crippen LogP contribution in [0.2, 0.25) is 0 Å². The van der Waals surface area contributed by atoms with Gasteiger partial charge in [0.25, 0.3) is 0 Å². The summed E-state index contributed by atoms with van der Waals surface area (Å²) in [6, 6.07) is 0. The number of carbonyl (C=O) groups is 1. The number of anilines is 1. The van der Waals surface area contributed by atoms with Crippen LogP contribution in [0.1, 0.15) is 26.7 Å². The minimum absolute atomic E-state index is 0.112. The highest BCUT2D eigenvalue weighted by atomic mass is 32.2. The lowest BCUT2D eigenvalue weighted by atomic mass is 9.99. The first-order chi connectivity index (χ1) is 10.1. The fourth-order valence-corrected chi connectivity index (χ4v) is 4.16. The molecule has 1 saturated heterocycles. The standard InChI is InChI=1S/C14H22N4OS2/c1-4-7-15-13-16-17-14(21-13)20-11(3)12(19)18-8-5-10(2)6-9-18/h4,10-11H,1,5-9H2,2-3H3,(H,15,16). The number of nitrogens with one attached hydrogen (secondary N) is 1. The lowest BCUT2D eigenvalue weighted by molar-refractivity contribution is -0.131. The van der Waals surface area contributed by atoms with Gasteiger partial charge in [0.1, 0.15) is 0 Å². The largest absolute Gasteiger partial charge is 0.357 e. The second-order valence-corrected chi connectivity index (χ2v) is 7.88. The van der Waals surface area contributed by atoms with E-state index in [1.807, 2.05) is 11.8 Å². The zero-order valence-electron chi connectivity index (χ0n) is 12.5. The topological polar surface area (TPSA) is 58.1 Å². The molecule has 116 valence electrons. The molecule has 1 amide bonds. The normalized spacial score (nSPS) is 17.5. The van der Waals surface area contributed by atoms with Crippen molar-refractivity contribution in [3.8, 4) is 0 Å². The molecule has 0 bridgehead atoms. The highest BCUT2D eigenvalue weighted by Crippen LogP contribution is 2.30. The molecule has 7 heteroatoms. The highest BCUT2D eigenvalue weighted by Gasteiger charge is 2.25. The monoisotopic (exact) mass is 326 g/mol. The van der Waals surface area contributed by atoms with E-state index < -0.39 is 0 Å². The zero-order valence-corrected chi connectivity index (χ0v) is 14.2. The third-order valence-corrected chi connectivity index (χ3v) is 5.58. The molecule has 2 rings (SSSR count). The van der Waals surface area contributed by atoms with Gasteiger partial charge in [-0.25, -0.2) is 0 Å². The molecule has 1 atom stereocenters. The maximum absolute atomic E-state index is 12.4. The lowest BCUT2D eigenvalue weighted by Crippen LogP contribution is -2.41. The van der Waals surface area contributed by atoms with Crippen molar-refractivity contribution in [3.63, 3.8) is 0 Å². The van der Waals surface area contributed by atoms with Gasteiger partial charge >= 0.3 is 0 Å². The summed E-state index contributed by atoms with van der Waals surface area (Å²) in [5.74, 6) is 0.946. The van der Waals surface area contributed by atoms with E-state index in [-0.39, 0.29) is 11.2 Å². The molecule has 21 heavy (non-hydrogen) atoms. The number of likely N-dealkylation sites (tertiary alicyclic amines) is 1. The summed E-state index contributed by atoms with van der Waals surface area (Å²) < 4.78 is 0.827. The Balaban J connectivity index is 1.85. The van der Waals surface area contributed by atoms with Crippen molar-refractivity contribution in [1.82, 2.24) is 15.1 Å². The summed E-state index contributed by atoms with van der Waals surface area (Å²) in [4.78, 5) is 14.4. The van der Waals surface area contributed by atoms with Crippen LogP contribution in [0.25, 0.3) is 0 Å². The van der Waals surface area contributed by atoms with Crippen LogP contribution in [0, 0.1) is 5.92 Å². The highest BCUT2D eigenvalue weighted by molar-refractivity contribution is 8.02.